The minimum absolute atomic E-state index is 0.0968. The molecule has 0 aliphatic heterocycles. The molecule has 2 rings (SSSR count). The molecule has 96 valence electrons. The molecule has 2 N–H and O–H groups in total. The number of rotatable bonds is 5. The third-order valence-electron chi connectivity index (χ3n) is 2.49. The fraction of sp³-hybridized carbons (Fsp3) is 0.417. The third kappa shape index (κ3) is 2.65. The molecule has 18 heavy (non-hydrogen) atoms. The molecule has 0 radical (unpaired) electrons. The number of carbonyl (C=O) groups is 1. The van der Waals surface area contributed by atoms with Crippen LogP contribution in [0, 0.1) is 0 Å². The van der Waals surface area contributed by atoms with Crippen molar-refractivity contribution in [3.63, 3.8) is 0 Å². The summed E-state index contributed by atoms with van der Waals surface area (Å²) in [4.78, 5) is 16.4. The number of aromatic nitrogens is 3. The van der Waals surface area contributed by atoms with Crippen molar-refractivity contribution < 1.29 is 4.79 Å². The van der Waals surface area contributed by atoms with Crippen LogP contribution in [0.2, 0.25) is 0 Å². The van der Waals surface area contributed by atoms with E-state index in [9.17, 15) is 4.79 Å². The van der Waals surface area contributed by atoms with E-state index in [1.54, 1.807) is 22.5 Å². The summed E-state index contributed by atoms with van der Waals surface area (Å²) >= 11 is 1.41. The molecule has 0 aliphatic rings. The van der Waals surface area contributed by atoms with Gasteiger partial charge in [-0.05, 0) is 13.3 Å². The highest BCUT2D eigenvalue weighted by Gasteiger charge is 2.16. The van der Waals surface area contributed by atoms with Crippen LogP contribution in [0.3, 0.4) is 0 Å². The summed E-state index contributed by atoms with van der Waals surface area (Å²) in [5.74, 6) is -0.0968. The summed E-state index contributed by atoms with van der Waals surface area (Å²) in [7, 11) is 0. The molecule has 2 heterocycles. The van der Waals surface area contributed by atoms with Crippen LogP contribution in [-0.4, -0.2) is 20.5 Å². The lowest BCUT2D eigenvalue weighted by Gasteiger charge is -1.97. The Labute approximate surface area is 110 Å². The van der Waals surface area contributed by atoms with Crippen LogP contribution < -0.4 is 5.73 Å². The van der Waals surface area contributed by atoms with Crippen LogP contribution in [0.4, 0.5) is 0 Å². The minimum atomic E-state index is -0.139. The second-order valence-electron chi connectivity index (χ2n) is 4.18. The Morgan fingerprint density at radius 1 is 1.61 bits per heavy atom. The van der Waals surface area contributed by atoms with Crippen LogP contribution >= 0.6 is 11.3 Å². The van der Waals surface area contributed by atoms with Gasteiger partial charge in [-0.2, -0.15) is 5.10 Å². The number of thiazole rings is 1. The van der Waals surface area contributed by atoms with E-state index < -0.39 is 0 Å². The molecule has 0 saturated heterocycles. The molecule has 0 aromatic carbocycles. The molecule has 5 nitrogen and oxygen atoms in total. The van der Waals surface area contributed by atoms with Crippen molar-refractivity contribution in [3.05, 3.63) is 34.0 Å². The number of aryl methyl sites for hydroxylation is 1. The highest BCUT2D eigenvalue weighted by Crippen LogP contribution is 2.18. The molecule has 0 saturated carbocycles. The third-order valence-corrected chi connectivity index (χ3v) is 3.54. The van der Waals surface area contributed by atoms with Gasteiger partial charge in [0.05, 0.1) is 17.8 Å². The molecule has 2 aromatic rings. The largest absolute Gasteiger partial charge is 0.322 e. The predicted molar refractivity (Wildman–Crippen MR) is 70.7 cm³/mol. The van der Waals surface area contributed by atoms with Gasteiger partial charge in [0.1, 0.15) is 10.7 Å². The highest BCUT2D eigenvalue weighted by molar-refractivity contribution is 7.09. The van der Waals surface area contributed by atoms with E-state index in [-0.39, 0.29) is 11.8 Å². The number of hydrogen-bond acceptors (Lipinski definition) is 5. The Bertz CT molecular complexity index is 544. The van der Waals surface area contributed by atoms with Gasteiger partial charge in [0.15, 0.2) is 0 Å². The first-order valence-electron chi connectivity index (χ1n) is 5.90. The average molecular weight is 264 g/mol. The highest BCUT2D eigenvalue weighted by atomic mass is 32.1. The lowest BCUT2D eigenvalue weighted by Crippen LogP contribution is -2.06. The number of nitrogens with two attached hydrogens (primary N) is 1. The van der Waals surface area contributed by atoms with E-state index in [1.165, 1.54) is 11.3 Å². The van der Waals surface area contributed by atoms with E-state index in [1.807, 2.05) is 6.92 Å². The van der Waals surface area contributed by atoms with Gasteiger partial charge < -0.3 is 5.73 Å². The summed E-state index contributed by atoms with van der Waals surface area (Å²) < 4.78 is 1.77. The molecular formula is C12H16N4OS. The van der Waals surface area contributed by atoms with Crippen LogP contribution in [0.5, 0.6) is 0 Å². The SMILES string of the molecule is CCCn1cc(C(=O)c2csc(C(C)N)n2)cn1. The molecule has 1 atom stereocenters. The number of ketones is 1. The first-order chi connectivity index (χ1) is 8.61. The van der Waals surface area contributed by atoms with Gasteiger partial charge in [-0.15, -0.1) is 11.3 Å². The van der Waals surface area contributed by atoms with Gasteiger partial charge in [-0.1, -0.05) is 6.92 Å². The van der Waals surface area contributed by atoms with Crippen molar-refractivity contribution in [1.82, 2.24) is 14.8 Å². The quantitative estimate of drug-likeness (QED) is 0.838. The molecule has 0 bridgehead atoms. The lowest BCUT2D eigenvalue weighted by molar-refractivity contribution is 0.103. The van der Waals surface area contributed by atoms with Crippen molar-refractivity contribution in [1.29, 1.82) is 0 Å². The Kier molecular flexibility index (Phi) is 3.88. The van der Waals surface area contributed by atoms with Gasteiger partial charge in [-0.3, -0.25) is 9.48 Å². The maximum Gasteiger partial charge on any atom is 0.215 e. The zero-order chi connectivity index (χ0) is 13.1. The number of nitrogens with zero attached hydrogens (tertiary/aromatic N) is 3. The van der Waals surface area contributed by atoms with E-state index in [0.717, 1.165) is 18.0 Å². The average Bonchev–Trinajstić information content (AvgIpc) is 2.97. The van der Waals surface area contributed by atoms with Crippen molar-refractivity contribution in [2.45, 2.75) is 32.9 Å². The van der Waals surface area contributed by atoms with Gasteiger partial charge in [0.2, 0.25) is 5.78 Å². The zero-order valence-electron chi connectivity index (χ0n) is 10.5. The standard InChI is InChI=1S/C12H16N4OS/c1-3-4-16-6-9(5-14-16)11(17)10-7-18-12(15-10)8(2)13/h5-8H,3-4,13H2,1-2H3. The summed E-state index contributed by atoms with van der Waals surface area (Å²) in [6, 6.07) is -0.139. The van der Waals surface area contributed by atoms with Crippen LogP contribution in [0.15, 0.2) is 17.8 Å². The van der Waals surface area contributed by atoms with Gasteiger partial charge in [-0.25, -0.2) is 4.98 Å². The van der Waals surface area contributed by atoms with Gasteiger partial charge >= 0.3 is 0 Å². The monoisotopic (exact) mass is 264 g/mol. The molecule has 6 heteroatoms. The van der Waals surface area contributed by atoms with Crippen LogP contribution in [0.1, 0.15) is 47.4 Å². The van der Waals surface area contributed by atoms with E-state index >= 15 is 0 Å². The molecular weight excluding hydrogens is 248 g/mol. The molecule has 0 spiro atoms. The van der Waals surface area contributed by atoms with Gasteiger partial charge in [0.25, 0.3) is 0 Å². The Balaban J connectivity index is 2.18. The molecule has 0 aliphatic carbocycles. The normalized spacial score (nSPS) is 12.6. The Morgan fingerprint density at radius 3 is 3.00 bits per heavy atom. The summed E-state index contributed by atoms with van der Waals surface area (Å²) in [5, 5.41) is 6.67. The summed E-state index contributed by atoms with van der Waals surface area (Å²) in [6.07, 6.45) is 4.33. The summed E-state index contributed by atoms with van der Waals surface area (Å²) in [5.41, 5.74) is 6.75. The first kappa shape index (κ1) is 12.9. The van der Waals surface area contributed by atoms with Crippen molar-refractivity contribution in [3.8, 4) is 0 Å². The minimum Gasteiger partial charge on any atom is -0.322 e. The van der Waals surface area contributed by atoms with Crippen molar-refractivity contribution in [2.75, 3.05) is 0 Å². The van der Waals surface area contributed by atoms with E-state index in [0.29, 0.717) is 11.3 Å². The smallest absolute Gasteiger partial charge is 0.215 e. The molecule has 1 unspecified atom stereocenters. The van der Waals surface area contributed by atoms with Crippen molar-refractivity contribution in [2.24, 2.45) is 5.73 Å². The van der Waals surface area contributed by atoms with E-state index in [2.05, 4.69) is 17.0 Å². The van der Waals surface area contributed by atoms with Crippen LogP contribution in [-0.2, 0) is 6.54 Å². The molecule has 0 amide bonds. The summed E-state index contributed by atoms with van der Waals surface area (Å²) in [6.45, 7) is 4.74. The second-order valence-corrected chi connectivity index (χ2v) is 5.07. The maximum atomic E-state index is 12.1. The predicted octanol–water partition coefficient (Wildman–Crippen LogP) is 2.00. The number of hydrogen-bond donors (Lipinski definition) is 1. The Hall–Kier alpha value is -1.53. The van der Waals surface area contributed by atoms with Crippen LogP contribution in [0.25, 0.3) is 0 Å². The maximum absolute atomic E-state index is 12.1. The zero-order valence-corrected chi connectivity index (χ0v) is 11.3. The van der Waals surface area contributed by atoms with Crippen molar-refractivity contribution >= 4 is 17.1 Å². The first-order valence-corrected chi connectivity index (χ1v) is 6.78. The fourth-order valence-electron chi connectivity index (χ4n) is 1.58. The molecule has 0 fully saturated rings. The lowest BCUT2D eigenvalue weighted by atomic mass is 10.2. The topological polar surface area (TPSA) is 73.8 Å². The molecule has 2 aromatic heterocycles. The fourth-order valence-corrected chi connectivity index (χ4v) is 2.34. The van der Waals surface area contributed by atoms with E-state index in [4.69, 9.17) is 5.73 Å². The Morgan fingerprint density at radius 2 is 2.39 bits per heavy atom. The second kappa shape index (κ2) is 5.41. The van der Waals surface area contributed by atoms with Gasteiger partial charge in [0, 0.05) is 18.1 Å². The number of carbonyl (C=O) groups excluding carboxylic acids is 1.